The first-order valence-electron chi connectivity index (χ1n) is 16.6. The summed E-state index contributed by atoms with van der Waals surface area (Å²) in [5.74, 6) is -1.40. The molecule has 0 bridgehead atoms. The summed E-state index contributed by atoms with van der Waals surface area (Å²) in [5, 5.41) is 17.9. The van der Waals surface area contributed by atoms with Gasteiger partial charge in [-0.15, -0.1) is 0 Å². The summed E-state index contributed by atoms with van der Waals surface area (Å²) in [4.78, 5) is 14.4. The first-order chi connectivity index (χ1) is 26.8. The van der Waals surface area contributed by atoms with Gasteiger partial charge in [0.2, 0.25) is 0 Å². The maximum atomic E-state index is 13.3. The second-order valence-corrected chi connectivity index (χ2v) is 15.9. The van der Waals surface area contributed by atoms with Crippen LogP contribution >= 0.6 is 0 Å². The van der Waals surface area contributed by atoms with Gasteiger partial charge in [-0.3, -0.25) is 14.3 Å². The number of hydrogen-bond acceptors (Lipinski definition) is 11. The number of carbonyl (C=O) groups is 1. The number of esters is 1. The first kappa shape index (κ1) is 37.7. The average Bonchev–Trinajstić information content (AvgIpc) is 3.88. The fourth-order valence-electron chi connectivity index (χ4n) is 5.78. The largest absolute Gasteiger partial charge is 0.488 e. The van der Waals surface area contributed by atoms with Crippen LogP contribution in [0.1, 0.15) is 21.5 Å². The fourth-order valence-corrected chi connectivity index (χ4v) is 7.80. The van der Waals surface area contributed by atoms with Crippen LogP contribution < -0.4 is 14.2 Å². The van der Waals surface area contributed by atoms with Gasteiger partial charge in [-0.25, -0.2) is 39.8 Å². The summed E-state index contributed by atoms with van der Waals surface area (Å²) < 4.78 is 97.7. The number of nitrogens with zero attached hydrogens (tertiary/aromatic N) is 6. The Bertz CT molecular complexity index is 2690. The van der Waals surface area contributed by atoms with Crippen LogP contribution in [0, 0.1) is 23.0 Å². The predicted molar refractivity (Wildman–Crippen MR) is 197 cm³/mol. The molecule has 7 rings (SSSR count). The Kier molecular flexibility index (Phi) is 10.3. The van der Waals surface area contributed by atoms with Gasteiger partial charge in [0, 0.05) is 19.6 Å². The molecule has 6 aromatic rings. The molecule has 1 aliphatic heterocycles. The van der Waals surface area contributed by atoms with Crippen molar-refractivity contribution in [2.45, 2.75) is 22.4 Å². The molecule has 15 nitrogen and oxygen atoms in total. The highest BCUT2D eigenvalue weighted by molar-refractivity contribution is 7.93. The van der Waals surface area contributed by atoms with Crippen molar-refractivity contribution in [1.82, 2.24) is 24.5 Å². The Morgan fingerprint density at radius 1 is 0.804 bits per heavy atom. The molecule has 0 radical (unpaired) electrons. The standard InChI is InChI=1S/C37H30F2N8O7S2/c1-53-37(48)34-15-30(11-13-36(34)44-56(51,52)33-18-42-47(23-33)29-9-5-27(39)6-10-29)54-31-20-45(21-31)19-24-2-12-35(25(14-24)16-40)43-55(49,50)32-17-41-46(22-32)28-7-3-26(38)4-8-28/h2-15,17-18,22-23,31,43-44H,19-21H2,1H3. The molecule has 0 saturated carbocycles. The van der Waals surface area contributed by atoms with Gasteiger partial charge in [0.25, 0.3) is 20.0 Å². The van der Waals surface area contributed by atoms with E-state index in [9.17, 15) is 35.7 Å². The third kappa shape index (κ3) is 8.22. The molecule has 1 fully saturated rings. The van der Waals surface area contributed by atoms with Crippen molar-refractivity contribution in [3.63, 3.8) is 0 Å². The molecule has 0 unspecified atom stereocenters. The maximum Gasteiger partial charge on any atom is 0.340 e. The number of nitrogens with one attached hydrogen (secondary N) is 2. The van der Waals surface area contributed by atoms with E-state index in [0.717, 1.165) is 25.1 Å². The minimum Gasteiger partial charge on any atom is -0.488 e. The molecule has 4 aromatic carbocycles. The predicted octanol–water partition coefficient (Wildman–Crippen LogP) is 4.86. The van der Waals surface area contributed by atoms with E-state index in [-0.39, 0.29) is 38.4 Å². The molecule has 0 amide bonds. The van der Waals surface area contributed by atoms with Crippen molar-refractivity contribution >= 4 is 37.4 Å². The third-order valence-corrected chi connectivity index (χ3v) is 11.3. The zero-order chi connectivity index (χ0) is 39.6. The number of rotatable bonds is 13. The minimum absolute atomic E-state index is 0.0481. The first-order valence-corrected chi connectivity index (χ1v) is 19.6. The normalized spacial score (nSPS) is 13.4. The summed E-state index contributed by atoms with van der Waals surface area (Å²) >= 11 is 0. The second kappa shape index (κ2) is 15.3. The summed E-state index contributed by atoms with van der Waals surface area (Å²) in [7, 11) is -7.16. The smallest absolute Gasteiger partial charge is 0.340 e. The van der Waals surface area contributed by atoms with Crippen molar-refractivity contribution in [2.75, 3.05) is 29.6 Å². The van der Waals surface area contributed by atoms with Crippen LogP contribution in [0.4, 0.5) is 20.2 Å². The molecule has 3 heterocycles. The van der Waals surface area contributed by atoms with Crippen LogP contribution in [-0.4, -0.2) is 73.6 Å². The Labute approximate surface area is 319 Å². The molecule has 19 heteroatoms. The molecule has 0 atom stereocenters. The van der Waals surface area contributed by atoms with Gasteiger partial charge in [0.15, 0.2) is 0 Å². The highest BCUT2D eigenvalue weighted by atomic mass is 32.2. The summed E-state index contributed by atoms with van der Waals surface area (Å²) in [5.41, 5.74) is 1.72. The highest BCUT2D eigenvalue weighted by Crippen LogP contribution is 2.29. The number of hydrogen-bond donors (Lipinski definition) is 2. The number of ether oxygens (including phenoxy) is 2. The number of sulfonamides is 2. The van der Waals surface area contributed by atoms with E-state index in [1.807, 2.05) is 11.0 Å². The second-order valence-electron chi connectivity index (χ2n) is 12.5. The Morgan fingerprint density at radius 2 is 1.34 bits per heavy atom. The highest BCUT2D eigenvalue weighted by Gasteiger charge is 2.30. The maximum absolute atomic E-state index is 13.3. The van der Waals surface area contributed by atoms with E-state index < -0.39 is 37.7 Å². The fraction of sp³-hybridized carbons (Fsp3) is 0.135. The Morgan fingerprint density at radius 3 is 1.88 bits per heavy atom. The molecule has 286 valence electrons. The lowest BCUT2D eigenvalue weighted by Crippen LogP contribution is -2.53. The van der Waals surface area contributed by atoms with Crippen LogP contribution in [0.2, 0.25) is 0 Å². The van der Waals surface area contributed by atoms with E-state index in [1.54, 1.807) is 12.1 Å². The van der Waals surface area contributed by atoms with Gasteiger partial charge in [-0.1, -0.05) is 6.07 Å². The van der Waals surface area contributed by atoms with Crippen molar-refractivity contribution in [3.05, 3.63) is 138 Å². The van der Waals surface area contributed by atoms with Crippen molar-refractivity contribution in [2.24, 2.45) is 0 Å². The summed E-state index contributed by atoms with van der Waals surface area (Å²) in [6.45, 7) is 1.39. The van der Waals surface area contributed by atoms with E-state index in [1.165, 1.54) is 94.6 Å². The minimum atomic E-state index is -4.21. The van der Waals surface area contributed by atoms with E-state index >= 15 is 0 Å². The monoisotopic (exact) mass is 800 g/mol. The molecule has 1 aliphatic rings. The SMILES string of the molecule is COC(=O)c1cc(OC2CN(Cc3ccc(NS(=O)(=O)c4cnn(-c5ccc(F)cc5)c4)c(C#N)c3)C2)ccc1NS(=O)(=O)c1cnn(-c2ccc(F)cc2)c1. The topological polar surface area (TPSA) is 191 Å². The van der Waals surface area contributed by atoms with E-state index in [2.05, 4.69) is 19.6 Å². The van der Waals surface area contributed by atoms with Gasteiger partial charge in [-0.05, 0) is 84.4 Å². The zero-order valence-electron chi connectivity index (χ0n) is 29.2. The summed E-state index contributed by atoms with van der Waals surface area (Å²) in [6.07, 6.45) is 4.52. The molecular weight excluding hydrogens is 771 g/mol. The number of likely N-dealkylation sites (tertiary alicyclic amines) is 1. The molecule has 1 saturated heterocycles. The van der Waals surface area contributed by atoms with E-state index in [4.69, 9.17) is 9.47 Å². The number of nitriles is 1. The number of benzene rings is 4. The number of aromatic nitrogens is 4. The van der Waals surface area contributed by atoms with Gasteiger partial charge in [-0.2, -0.15) is 15.5 Å². The van der Waals surface area contributed by atoms with Gasteiger partial charge < -0.3 is 9.47 Å². The van der Waals surface area contributed by atoms with E-state index in [0.29, 0.717) is 36.8 Å². The van der Waals surface area contributed by atoms with Gasteiger partial charge in [0.05, 0.1) is 65.8 Å². The molecular formula is C37H30F2N8O7S2. The van der Waals surface area contributed by atoms with Crippen LogP contribution in [0.3, 0.4) is 0 Å². The number of halogens is 2. The zero-order valence-corrected chi connectivity index (χ0v) is 30.8. The Balaban J connectivity index is 0.962. The van der Waals surface area contributed by atoms with Gasteiger partial charge in [0.1, 0.15) is 39.3 Å². The Hall–Kier alpha value is -6.62. The van der Waals surface area contributed by atoms with Crippen molar-refractivity contribution in [3.8, 4) is 23.2 Å². The van der Waals surface area contributed by atoms with Crippen molar-refractivity contribution in [1.29, 1.82) is 5.26 Å². The molecule has 0 spiro atoms. The van der Waals surface area contributed by atoms with Crippen LogP contribution in [0.25, 0.3) is 11.4 Å². The number of methoxy groups -OCH3 is 1. The average molecular weight is 801 g/mol. The lowest BCUT2D eigenvalue weighted by atomic mass is 10.1. The molecule has 2 N–H and O–H groups in total. The van der Waals surface area contributed by atoms with Crippen LogP contribution in [0.15, 0.2) is 120 Å². The lowest BCUT2D eigenvalue weighted by Gasteiger charge is -2.39. The van der Waals surface area contributed by atoms with Crippen LogP contribution in [-0.2, 0) is 31.3 Å². The quantitative estimate of drug-likeness (QED) is 0.152. The molecule has 0 aliphatic carbocycles. The third-order valence-electron chi connectivity index (χ3n) is 8.64. The lowest BCUT2D eigenvalue weighted by molar-refractivity contribution is 0.0144. The van der Waals surface area contributed by atoms with Crippen LogP contribution in [0.5, 0.6) is 5.75 Å². The number of anilines is 2. The molecule has 56 heavy (non-hydrogen) atoms. The van der Waals surface area contributed by atoms with Crippen molar-refractivity contribution < 1.29 is 39.9 Å². The van der Waals surface area contributed by atoms with Gasteiger partial charge >= 0.3 is 5.97 Å². The molecule has 2 aromatic heterocycles. The summed E-state index contributed by atoms with van der Waals surface area (Å²) in [6, 6.07) is 21.8. The number of carbonyl (C=O) groups excluding carboxylic acids is 1.